The molecule has 1 heterocycles. The highest BCUT2D eigenvalue weighted by Gasteiger charge is 2.11. The van der Waals surface area contributed by atoms with E-state index < -0.39 is 0 Å². The highest BCUT2D eigenvalue weighted by molar-refractivity contribution is 5.91. The number of nitrogen functional groups attached to an aromatic ring is 1. The van der Waals surface area contributed by atoms with Crippen LogP contribution in [0.4, 0.5) is 5.69 Å². The molecule has 0 bridgehead atoms. The van der Waals surface area contributed by atoms with Gasteiger partial charge in [-0.3, -0.25) is 4.79 Å². The molecule has 2 aromatic carbocycles. The van der Waals surface area contributed by atoms with E-state index in [9.17, 15) is 4.79 Å². The molecule has 0 fully saturated rings. The van der Waals surface area contributed by atoms with Crippen LogP contribution in [0.2, 0.25) is 0 Å². The normalized spacial score (nSPS) is 10.8. The predicted octanol–water partition coefficient (Wildman–Crippen LogP) is 2.94. The van der Waals surface area contributed by atoms with E-state index in [1.807, 2.05) is 54.6 Å². The monoisotopic (exact) mass is 264 g/mol. The first-order chi connectivity index (χ1) is 9.68. The maximum absolute atomic E-state index is 12.5. The van der Waals surface area contributed by atoms with Crippen molar-refractivity contribution in [3.05, 3.63) is 76.1 Å². The van der Waals surface area contributed by atoms with Gasteiger partial charge in [0.25, 0.3) is 5.56 Å². The first-order valence-corrected chi connectivity index (χ1v) is 6.60. The van der Waals surface area contributed by atoms with Crippen molar-refractivity contribution in [2.75, 3.05) is 5.73 Å². The summed E-state index contributed by atoms with van der Waals surface area (Å²) < 4.78 is 1.79. The molecule has 0 aliphatic rings. The van der Waals surface area contributed by atoms with Gasteiger partial charge >= 0.3 is 0 Å². The second-order valence-corrected chi connectivity index (χ2v) is 4.93. The van der Waals surface area contributed by atoms with Crippen LogP contribution in [0.1, 0.15) is 11.1 Å². The number of hydrogen-bond donors (Lipinski definition) is 1. The smallest absolute Gasteiger partial charge is 0.256 e. The van der Waals surface area contributed by atoms with E-state index >= 15 is 0 Å². The summed E-state index contributed by atoms with van der Waals surface area (Å²) in [5, 5.41) is 0.931. The van der Waals surface area contributed by atoms with E-state index in [-0.39, 0.29) is 5.56 Å². The van der Waals surface area contributed by atoms with E-state index in [0.717, 1.165) is 16.5 Å². The van der Waals surface area contributed by atoms with Crippen molar-refractivity contribution in [2.24, 2.45) is 0 Å². The summed E-state index contributed by atoms with van der Waals surface area (Å²) in [5.41, 5.74) is 9.21. The lowest BCUT2D eigenvalue weighted by atomic mass is 10.1. The van der Waals surface area contributed by atoms with Crippen molar-refractivity contribution in [2.45, 2.75) is 13.5 Å². The summed E-state index contributed by atoms with van der Waals surface area (Å²) in [6.45, 7) is 2.34. The number of hydrogen-bond acceptors (Lipinski definition) is 2. The van der Waals surface area contributed by atoms with Crippen LogP contribution in [0.3, 0.4) is 0 Å². The first kappa shape index (κ1) is 12.5. The van der Waals surface area contributed by atoms with Gasteiger partial charge in [0.2, 0.25) is 0 Å². The Morgan fingerprint density at radius 2 is 1.65 bits per heavy atom. The van der Waals surface area contributed by atoms with Crippen LogP contribution in [0, 0.1) is 6.92 Å². The number of rotatable bonds is 2. The SMILES string of the molecule is Cc1c(N)c2ccccc2n(Cc2ccccc2)c1=O. The van der Waals surface area contributed by atoms with E-state index in [0.29, 0.717) is 17.8 Å². The van der Waals surface area contributed by atoms with Gasteiger partial charge in [0.15, 0.2) is 0 Å². The number of nitrogens with zero attached hydrogens (tertiary/aromatic N) is 1. The summed E-state index contributed by atoms with van der Waals surface area (Å²) in [4.78, 5) is 12.5. The molecule has 0 atom stereocenters. The summed E-state index contributed by atoms with van der Waals surface area (Å²) in [6.07, 6.45) is 0. The maximum Gasteiger partial charge on any atom is 0.256 e. The van der Waals surface area contributed by atoms with Crippen LogP contribution in [0.15, 0.2) is 59.4 Å². The zero-order valence-corrected chi connectivity index (χ0v) is 11.3. The molecule has 0 unspecified atom stereocenters. The number of anilines is 1. The Labute approximate surface area is 117 Å². The summed E-state index contributed by atoms with van der Waals surface area (Å²) in [5.74, 6) is 0. The predicted molar refractivity (Wildman–Crippen MR) is 82.9 cm³/mol. The zero-order valence-electron chi connectivity index (χ0n) is 11.3. The van der Waals surface area contributed by atoms with Crippen molar-refractivity contribution in [3.63, 3.8) is 0 Å². The average molecular weight is 264 g/mol. The Hall–Kier alpha value is -2.55. The zero-order chi connectivity index (χ0) is 14.1. The molecule has 3 aromatic rings. The highest BCUT2D eigenvalue weighted by atomic mass is 16.1. The number of nitrogens with two attached hydrogens (primary N) is 1. The van der Waals surface area contributed by atoms with Gasteiger partial charge in [0.1, 0.15) is 0 Å². The van der Waals surface area contributed by atoms with Crippen molar-refractivity contribution in [3.8, 4) is 0 Å². The molecular weight excluding hydrogens is 248 g/mol. The molecule has 0 aliphatic heterocycles. The lowest BCUT2D eigenvalue weighted by Gasteiger charge is -2.14. The van der Waals surface area contributed by atoms with E-state index in [4.69, 9.17) is 5.73 Å². The van der Waals surface area contributed by atoms with E-state index in [1.54, 1.807) is 11.5 Å². The third kappa shape index (κ3) is 1.97. The quantitative estimate of drug-likeness (QED) is 0.773. The number of para-hydroxylation sites is 1. The molecule has 3 rings (SSSR count). The van der Waals surface area contributed by atoms with Crippen molar-refractivity contribution in [1.82, 2.24) is 4.57 Å². The molecule has 3 nitrogen and oxygen atoms in total. The first-order valence-electron chi connectivity index (χ1n) is 6.60. The third-order valence-corrected chi connectivity index (χ3v) is 3.64. The fourth-order valence-electron chi connectivity index (χ4n) is 2.49. The molecule has 3 heteroatoms. The number of aromatic nitrogens is 1. The van der Waals surface area contributed by atoms with Gasteiger partial charge in [-0.05, 0) is 18.6 Å². The second-order valence-electron chi connectivity index (χ2n) is 4.93. The summed E-state index contributed by atoms with van der Waals surface area (Å²) in [6, 6.07) is 17.7. The van der Waals surface area contributed by atoms with Gasteiger partial charge in [-0.25, -0.2) is 0 Å². The lowest BCUT2D eigenvalue weighted by molar-refractivity contribution is 0.788. The minimum absolute atomic E-state index is 0.0231. The second kappa shape index (κ2) is 4.85. The molecule has 0 amide bonds. The number of fused-ring (bicyclic) bond motifs is 1. The van der Waals surface area contributed by atoms with Crippen LogP contribution < -0.4 is 11.3 Å². The highest BCUT2D eigenvalue weighted by Crippen LogP contribution is 2.22. The Morgan fingerprint density at radius 3 is 2.40 bits per heavy atom. The molecule has 0 saturated carbocycles. The Morgan fingerprint density at radius 1 is 1.00 bits per heavy atom. The van der Waals surface area contributed by atoms with Crippen LogP contribution in [-0.4, -0.2) is 4.57 Å². The Bertz CT molecular complexity index is 820. The molecule has 1 aromatic heterocycles. The molecule has 0 radical (unpaired) electrons. The summed E-state index contributed by atoms with van der Waals surface area (Å²) in [7, 11) is 0. The topological polar surface area (TPSA) is 48.0 Å². The van der Waals surface area contributed by atoms with Gasteiger partial charge in [0, 0.05) is 16.6 Å². The van der Waals surface area contributed by atoms with Gasteiger partial charge < -0.3 is 10.3 Å². The van der Waals surface area contributed by atoms with Crippen molar-refractivity contribution < 1.29 is 0 Å². The van der Waals surface area contributed by atoms with E-state index in [1.165, 1.54) is 0 Å². The number of pyridine rings is 1. The fourth-order valence-corrected chi connectivity index (χ4v) is 2.49. The maximum atomic E-state index is 12.5. The number of benzene rings is 2. The Kier molecular flexibility index (Phi) is 3.03. The van der Waals surface area contributed by atoms with Gasteiger partial charge in [-0.2, -0.15) is 0 Å². The Balaban J connectivity index is 2.27. The largest absolute Gasteiger partial charge is 0.398 e. The van der Waals surface area contributed by atoms with Crippen molar-refractivity contribution >= 4 is 16.6 Å². The lowest BCUT2D eigenvalue weighted by Crippen LogP contribution is -2.24. The van der Waals surface area contributed by atoms with Crippen LogP contribution in [0.5, 0.6) is 0 Å². The van der Waals surface area contributed by atoms with Gasteiger partial charge in [0.05, 0.1) is 12.1 Å². The van der Waals surface area contributed by atoms with Crippen LogP contribution in [-0.2, 0) is 6.54 Å². The standard InChI is InChI=1S/C17H16N2O/c1-12-16(18)14-9-5-6-10-15(14)19(17(12)20)11-13-7-3-2-4-8-13/h2-10H,11,18H2,1H3. The summed E-state index contributed by atoms with van der Waals surface area (Å²) >= 11 is 0. The van der Waals surface area contributed by atoms with E-state index in [2.05, 4.69) is 0 Å². The third-order valence-electron chi connectivity index (χ3n) is 3.64. The molecule has 0 aliphatic carbocycles. The molecule has 20 heavy (non-hydrogen) atoms. The minimum atomic E-state index is -0.0231. The molecule has 100 valence electrons. The fraction of sp³-hybridized carbons (Fsp3) is 0.118. The molecular formula is C17H16N2O. The molecule has 0 saturated heterocycles. The minimum Gasteiger partial charge on any atom is -0.398 e. The van der Waals surface area contributed by atoms with Crippen molar-refractivity contribution in [1.29, 1.82) is 0 Å². The molecule has 0 spiro atoms. The average Bonchev–Trinajstić information content (AvgIpc) is 2.50. The van der Waals surface area contributed by atoms with Gasteiger partial charge in [-0.1, -0.05) is 48.5 Å². The van der Waals surface area contributed by atoms with Crippen LogP contribution >= 0.6 is 0 Å². The van der Waals surface area contributed by atoms with Crippen LogP contribution in [0.25, 0.3) is 10.9 Å². The molecule has 2 N–H and O–H groups in total. The van der Waals surface area contributed by atoms with Gasteiger partial charge in [-0.15, -0.1) is 0 Å².